The highest BCUT2D eigenvalue weighted by molar-refractivity contribution is 7.88. The molecule has 0 N–H and O–H groups in total. The van der Waals surface area contributed by atoms with Crippen LogP contribution in [0.4, 0.5) is 0 Å². The van der Waals surface area contributed by atoms with Crippen LogP contribution in [0, 0.1) is 6.92 Å². The molecule has 2 aromatic heterocycles. The third-order valence-corrected chi connectivity index (χ3v) is 5.85. The number of sulfonamides is 1. The molecule has 0 unspecified atom stereocenters. The Balaban J connectivity index is 1.74. The van der Waals surface area contributed by atoms with Gasteiger partial charge in [0.2, 0.25) is 10.0 Å². The minimum Gasteiger partial charge on any atom is -0.490 e. The second-order valence-electron chi connectivity index (χ2n) is 6.68. The summed E-state index contributed by atoms with van der Waals surface area (Å²) in [4.78, 5) is 17.2. The number of hydrogen-bond acceptors (Lipinski definition) is 5. The first-order chi connectivity index (χ1) is 12.3. The number of pyridine rings is 1. The Bertz CT molecular complexity index is 916. The molecule has 26 heavy (non-hydrogen) atoms. The quantitative estimate of drug-likeness (QED) is 0.625. The average Bonchev–Trinajstić information content (AvgIpc) is 3.32. The zero-order valence-electron chi connectivity index (χ0n) is 15.4. The van der Waals surface area contributed by atoms with Crippen LogP contribution in [-0.2, 0) is 10.0 Å². The fraction of sp³-hybridized carbons (Fsp3) is 0.556. The molecule has 0 spiro atoms. The first kappa shape index (κ1) is 18.8. The number of imidazole rings is 1. The number of aromatic nitrogens is 2. The van der Waals surface area contributed by atoms with E-state index in [1.165, 1.54) is 10.6 Å². The Morgan fingerprint density at radius 3 is 2.77 bits per heavy atom. The van der Waals surface area contributed by atoms with E-state index in [1.807, 2.05) is 26.0 Å². The summed E-state index contributed by atoms with van der Waals surface area (Å²) in [6.07, 6.45) is 5.64. The zero-order valence-corrected chi connectivity index (χ0v) is 16.3. The molecule has 8 heteroatoms. The Labute approximate surface area is 154 Å². The third kappa shape index (κ3) is 3.91. The lowest BCUT2D eigenvalue weighted by Gasteiger charge is -2.18. The smallest absolute Gasteiger partial charge is 0.211 e. The maximum atomic E-state index is 12.8. The van der Waals surface area contributed by atoms with Gasteiger partial charge in [0.15, 0.2) is 17.2 Å². The van der Waals surface area contributed by atoms with Crippen molar-refractivity contribution < 1.29 is 17.9 Å². The average molecular weight is 379 g/mol. The number of aryl methyl sites for hydroxylation is 1. The number of fused-ring (bicyclic) bond motifs is 1. The Hall–Kier alpha value is -1.93. The molecule has 0 saturated heterocycles. The van der Waals surface area contributed by atoms with Crippen molar-refractivity contribution in [1.29, 1.82) is 0 Å². The first-order valence-corrected chi connectivity index (χ1v) is 10.8. The van der Waals surface area contributed by atoms with Crippen molar-refractivity contribution in [3.8, 4) is 5.75 Å². The normalized spacial score (nSPS) is 14.9. The molecule has 0 radical (unpaired) electrons. The van der Waals surface area contributed by atoms with Gasteiger partial charge in [-0.15, -0.1) is 0 Å². The molecule has 7 nitrogen and oxygen atoms in total. The van der Waals surface area contributed by atoms with Gasteiger partial charge in [0.25, 0.3) is 0 Å². The number of ether oxygens (including phenoxy) is 1. The molecule has 1 aliphatic carbocycles. The summed E-state index contributed by atoms with van der Waals surface area (Å²) < 4.78 is 32.6. The van der Waals surface area contributed by atoms with E-state index in [4.69, 9.17) is 4.74 Å². The third-order valence-electron chi connectivity index (χ3n) is 4.51. The van der Waals surface area contributed by atoms with E-state index < -0.39 is 10.0 Å². The molecule has 1 fully saturated rings. The van der Waals surface area contributed by atoms with Crippen molar-refractivity contribution in [1.82, 2.24) is 13.7 Å². The van der Waals surface area contributed by atoms with Crippen molar-refractivity contribution >= 4 is 21.5 Å². The van der Waals surface area contributed by atoms with Gasteiger partial charge < -0.3 is 4.74 Å². The summed E-state index contributed by atoms with van der Waals surface area (Å²) in [5, 5.41) is 0. The van der Waals surface area contributed by atoms with Crippen molar-refractivity contribution in [2.45, 2.75) is 45.6 Å². The molecule has 0 bridgehead atoms. The van der Waals surface area contributed by atoms with Crippen LogP contribution in [0.5, 0.6) is 5.75 Å². The van der Waals surface area contributed by atoms with Gasteiger partial charge in [0.05, 0.1) is 18.6 Å². The number of rotatable bonds is 9. The van der Waals surface area contributed by atoms with Gasteiger partial charge in [0.1, 0.15) is 5.69 Å². The minimum atomic E-state index is -3.22. The van der Waals surface area contributed by atoms with Crippen LogP contribution in [0.25, 0.3) is 5.65 Å². The van der Waals surface area contributed by atoms with Crippen LogP contribution < -0.4 is 4.74 Å². The molecule has 142 valence electrons. The van der Waals surface area contributed by atoms with Gasteiger partial charge >= 0.3 is 0 Å². The van der Waals surface area contributed by atoms with Crippen LogP contribution in [0.1, 0.15) is 48.8 Å². The maximum Gasteiger partial charge on any atom is 0.211 e. The molecule has 0 aliphatic heterocycles. The van der Waals surface area contributed by atoms with Crippen molar-refractivity contribution in [3.63, 3.8) is 0 Å². The second-order valence-corrected chi connectivity index (χ2v) is 8.61. The van der Waals surface area contributed by atoms with E-state index in [0.29, 0.717) is 42.4 Å². The molecular weight excluding hydrogens is 354 g/mol. The Morgan fingerprint density at radius 2 is 2.15 bits per heavy atom. The van der Waals surface area contributed by atoms with Gasteiger partial charge in [0, 0.05) is 25.2 Å². The van der Waals surface area contributed by atoms with Gasteiger partial charge in [-0.2, -0.15) is 4.31 Å². The highest BCUT2D eigenvalue weighted by Gasteiger charge is 2.34. The number of ketones is 1. The fourth-order valence-electron chi connectivity index (χ4n) is 3.26. The summed E-state index contributed by atoms with van der Waals surface area (Å²) in [5.41, 5.74) is 1.83. The molecule has 2 heterocycles. The number of carbonyl (C=O) groups excluding carboxylic acids is 1. The van der Waals surface area contributed by atoms with Crippen molar-refractivity contribution in [2.75, 3.05) is 19.4 Å². The van der Waals surface area contributed by atoms with Crippen molar-refractivity contribution in [3.05, 3.63) is 29.7 Å². The predicted octanol–water partition coefficient (Wildman–Crippen LogP) is 2.43. The first-order valence-electron chi connectivity index (χ1n) is 8.93. The Kier molecular flexibility index (Phi) is 5.34. The predicted molar refractivity (Wildman–Crippen MR) is 99.2 cm³/mol. The minimum absolute atomic E-state index is 0.0344. The highest BCUT2D eigenvalue weighted by atomic mass is 32.2. The number of nitrogens with zero attached hydrogens (tertiary/aromatic N) is 3. The van der Waals surface area contributed by atoms with Crippen LogP contribution in [0.2, 0.25) is 0 Å². The SMILES string of the molecule is CCOc1cccn2c(C(=O)CCCN(C3CC3)S(C)(=O)=O)c(C)nc12. The molecule has 2 aromatic rings. The number of hydrogen-bond donors (Lipinski definition) is 0. The topological polar surface area (TPSA) is 81.0 Å². The van der Waals surface area contributed by atoms with Gasteiger partial charge in [-0.05, 0) is 45.2 Å². The molecule has 3 rings (SSSR count). The number of carbonyl (C=O) groups is 1. The van der Waals surface area contributed by atoms with E-state index in [9.17, 15) is 13.2 Å². The number of Topliss-reactive ketones (excluding diaryl/α,β-unsaturated/α-hetero) is 1. The largest absolute Gasteiger partial charge is 0.490 e. The molecule has 0 aromatic carbocycles. The van der Waals surface area contributed by atoms with Crippen LogP contribution >= 0.6 is 0 Å². The summed E-state index contributed by atoms with van der Waals surface area (Å²) in [6, 6.07) is 3.78. The maximum absolute atomic E-state index is 12.8. The van der Waals surface area contributed by atoms with Gasteiger partial charge in [-0.1, -0.05) is 0 Å². The van der Waals surface area contributed by atoms with Crippen LogP contribution in [-0.4, -0.2) is 53.3 Å². The van der Waals surface area contributed by atoms with Crippen molar-refractivity contribution in [2.24, 2.45) is 0 Å². The Morgan fingerprint density at radius 1 is 1.42 bits per heavy atom. The van der Waals surface area contributed by atoms with E-state index in [0.717, 1.165) is 12.8 Å². The lowest BCUT2D eigenvalue weighted by atomic mass is 10.1. The molecule has 1 saturated carbocycles. The highest BCUT2D eigenvalue weighted by Crippen LogP contribution is 2.29. The monoisotopic (exact) mass is 379 g/mol. The zero-order chi connectivity index (χ0) is 18.9. The van der Waals surface area contributed by atoms with E-state index >= 15 is 0 Å². The van der Waals surface area contributed by atoms with E-state index in [2.05, 4.69) is 4.98 Å². The van der Waals surface area contributed by atoms with E-state index in [1.54, 1.807) is 10.6 Å². The van der Waals surface area contributed by atoms with E-state index in [-0.39, 0.29) is 18.2 Å². The van der Waals surface area contributed by atoms with Crippen LogP contribution in [0.15, 0.2) is 18.3 Å². The summed E-state index contributed by atoms with van der Waals surface area (Å²) in [5.74, 6) is 0.613. The summed E-state index contributed by atoms with van der Waals surface area (Å²) in [6.45, 7) is 4.62. The fourth-order valence-corrected chi connectivity index (χ4v) is 4.47. The molecule has 1 aliphatic rings. The summed E-state index contributed by atoms with van der Waals surface area (Å²) in [7, 11) is -3.22. The second kappa shape index (κ2) is 7.36. The standard InChI is InChI=1S/C18H25N3O4S/c1-4-25-16-8-6-11-20-17(13(2)19-18(16)20)15(22)7-5-12-21(14-9-10-14)26(3,23)24/h6,8,11,14H,4-5,7,9-10,12H2,1-3H3. The lowest BCUT2D eigenvalue weighted by Crippen LogP contribution is -2.33. The van der Waals surface area contributed by atoms with Gasteiger partial charge in [-0.3, -0.25) is 9.20 Å². The molecule has 0 atom stereocenters. The molecule has 0 amide bonds. The van der Waals surface area contributed by atoms with Crippen LogP contribution in [0.3, 0.4) is 0 Å². The lowest BCUT2D eigenvalue weighted by molar-refractivity contribution is 0.0971. The van der Waals surface area contributed by atoms with Gasteiger partial charge in [-0.25, -0.2) is 13.4 Å². The summed E-state index contributed by atoms with van der Waals surface area (Å²) >= 11 is 0. The molecular formula is C18H25N3O4S.